The quantitative estimate of drug-likeness (QED) is 0.581. The number of carbonyl (C=O) groups is 2. The van der Waals surface area contributed by atoms with Gasteiger partial charge >= 0.3 is 0 Å². The number of amides is 2. The Kier molecular flexibility index (Phi) is 2.28. The van der Waals surface area contributed by atoms with Gasteiger partial charge in [-0.15, -0.1) is 0 Å². The third kappa shape index (κ3) is 1.16. The lowest BCUT2D eigenvalue weighted by Crippen LogP contribution is -2.37. The van der Waals surface area contributed by atoms with E-state index in [1.807, 2.05) is 0 Å². The summed E-state index contributed by atoms with van der Waals surface area (Å²) in [6.07, 6.45) is 0. The molecule has 78 valence electrons. The zero-order valence-electron chi connectivity index (χ0n) is 7.97. The Morgan fingerprint density at radius 3 is 2.36 bits per heavy atom. The van der Waals surface area contributed by atoms with Crippen LogP contribution < -0.4 is 0 Å². The fourth-order valence-corrected chi connectivity index (χ4v) is 2.15. The number of hydrogen-bond donors (Lipinski definition) is 1. The summed E-state index contributed by atoms with van der Waals surface area (Å²) < 4.78 is 4.81. The molecular formula is C9H13NO4. The van der Waals surface area contributed by atoms with Crippen LogP contribution in [0.5, 0.6) is 0 Å². The molecule has 2 aliphatic rings. The third-order valence-electron chi connectivity index (χ3n) is 3.00. The number of likely N-dealkylation sites (tertiary alicyclic amines) is 1. The Labute approximate surface area is 81.6 Å². The number of methoxy groups -OCH3 is 1. The first-order valence-electron chi connectivity index (χ1n) is 4.67. The number of hydrogen-bond acceptors (Lipinski definition) is 4. The molecule has 2 fully saturated rings. The van der Waals surface area contributed by atoms with Gasteiger partial charge in [0.2, 0.25) is 11.8 Å². The molecule has 0 spiro atoms. The van der Waals surface area contributed by atoms with Gasteiger partial charge in [-0.3, -0.25) is 14.5 Å². The van der Waals surface area contributed by atoms with E-state index in [1.165, 1.54) is 12.0 Å². The number of ether oxygens (including phenoxy) is 1. The van der Waals surface area contributed by atoms with Crippen molar-refractivity contribution in [3.63, 3.8) is 0 Å². The van der Waals surface area contributed by atoms with Crippen LogP contribution in [0.3, 0.4) is 0 Å². The maximum atomic E-state index is 11.6. The zero-order valence-corrected chi connectivity index (χ0v) is 7.97. The topological polar surface area (TPSA) is 66.8 Å². The maximum Gasteiger partial charge on any atom is 0.233 e. The summed E-state index contributed by atoms with van der Waals surface area (Å²) in [4.78, 5) is 24.4. The number of nitrogens with zero attached hydrogens (tertiary/aromatic N) is 1. The fourth-order valence-electron chi connectivity index (χ4n) is 2.15. The molecule has 2 unspecified atom stereocenters. The molecule has 1 saturated heterocycles. The monoisotopic (exact) mass is 199 g/mol. The van der Waals surface area contributed by atoms with Crippen LogP contribution in [-0.4, -0.2) is 48.7 Å². The summed E-state index contributed by atoms with van der Waals surface area (Å²) in [7, 11) is 1.53. The lowest BCUT2D eigenvalue weighted by atomic mass is 10.2. The van der Waals surface area contributed by atoms with E-state index < -0.39 is 0 Å². The molecule has 1 aliphatic carbocycles. The van der Waals surface area contributed by atoms with Crippen molar-refractivity contribution in [3.8, 4) is 0 Å². The SMILES string of the molecule is COCCN1C(=O)C2C(CO)C2C1=O. The molecule has 0 aromatic heterocycles. The Morgan fingerprint density at radius 2 is 1.93 bits per heavy atom. The number of carbonyl (C=O) groups excluding carboxylic acids is 2. The van der Waals surface area contributed by atoms with Gasteiger partial charge in [0.15, 0.2) is 0 Å². The van der Waals surface area contributed by atoms with Crippen LogP contribution in [0, 0.1) is 17.8 Å². The molecular weight excluding hydrogens is 186 g/mol. The van der Waals surface area contributed by atoms with Crippen molar-refractivity contribution in [2.45, 2.75) is 0 Å². The number of aliphatic hydroxyl groups is 1. The molecule has 1 heterocycles. The molecule has 2 atom stereocenters. The number of fused-ring (bicyclic) bond motifs is 1. The minimum absolute atomic E-state index is 0.0646. The van der Waals surface area contributed by atoms with E-state index in [2.05, 4.69) is 0 Å². The highest BCUT2D eigenvalue weighted by atomic mass is 16.5. The molecule has 1 saturated carbocycles. The first-order chi connectivity index (χ1) is 6.72. The summed E-state index contributed by atoms with van der Waals surface area (Å²) in [6, 6.07) is 0. The van der Waals surface area contributed by atoms with Crippen molar-refractivity contribution in [2.24, 2.45) is 17.8 Å². The van der Waals surface area contributed by atoms with Crippen LogP contribution in [-0.2, 0) is 14.3 Å². The smallest absolute Gasteiger partial charge is 0.233 e. The lowest BCUT2D eigenvalue weighted by molar-refractivity contribution is -0.143. The molecule has 0 aromatic rings. The van der Waals surface area contributed by atoms with Crippen LogP contribution in [0.2, 0.25) is 0 Å². The highest BCUT2D eigenvalue weighted by molar-refractivity contribution is 6.09. The van der Waals surface area contributed by atoms with Gasteiger partial charge in [0, 0.05) is 19.6 Å². The largest absolute Gasteiger partial charge is 0.396 e. The van der Waals surface area contributed by atoms with Gasteiger partial charge in [-0.1, -0.05) is 0 Å². The van der Waals surface area contributed by atoms with Crippen molar-refractivity contribution in [2.75, 3.05) is 26.9 Å². The number of piperidine rings is 1. The maximum absolute atomic E-state index is 11.6. The lowest BCUT2D eigenvalue weighted by Gasteiger charge is -2.16. The van der Waals surface area contributed by atoms with E-state index >= 15 is 0 Å². The second-order valence-corrected chi connectivity index (χ2v) is 3.72. The van der Waals surface area contributed by atoms with Crippen molar-refractivity contribution in [1.82, 2.24) is 4.90 Å². The fraction of sp³-hybridized carbons (Fsp3) is 0.778. The molecule has 0 bridgehead atoms. The Bertz CT molecular complexity index is 256. The van der Waals surface area contributed by atoms with E-state index in [9.17, 15) is 9.59 Å². The van der Waals surface area contributed by atoms with Crippen molar-refractivity contribution in [3.05, 3.63) is 0 Å². The molecule has 0 radical (unpaired) electrons. The zero-order chi connectivity index (χ0) is 10.3. The molecule has 14 heavy (non-hydrogen) atoms. The summed E-state index contributed by atoms with van der Waals surface area (Å²) in [5, 5.41) is 8.86. The van der Waals surface area contributed by atoms with Gasteiger partial charge in [-0.05, 0) is 0 Å². The van der Waals surface area contributed by atoms with Crippen LogP contribution >= 0.6 is 0 Å². The Hall–Kier alpha value is -0.940. The number of aliphatic hydroxyl groups excluding tert-OH is 1. The Balaban J connectivity index is 1.99. The van der Waals surface area contributed by atoms with E-state index in [0.29, 0.717) is 13.2 Å². The van der Waals surface area contributed by atoms with Crippen LogP contribution in [0.1, 0.15) is 0 Å². The highest BCUT2D eigenvalue weighted by Crippen LogP contribution is 2.52. The van der Waals surface area contributed by atoms with Gasteiger partial charge in [-0.25, -0.2) is 0 Å². The van der Waals surface area contributed by atoms with Gasteiger partial charge < -0.3 is 9.84 Å². The van der Waals surface area contributed by atoms with E-state index in [-0.39, 0.29) is 36.2 Å². The molecule has 2 rings (SSSR count). The molecule has 5 nitrogen and oxygen atoms in total. The average molecular weight is 199 g/mol. The minimum atomic E-state index is -0.246. The summed E-state index contributed by atoms with van der Waals surface area (Å²) in [5.41, 5.74) is 0. The second kappa shape index (κ2) is 3.33. The molecule has 2 amide bonds. The van der Waals surface area contributed by atoms with E-state index in [0.717, 1.165) is 0 Å². The second-order valence-electron chi connectivity index (χ2n) is 3.72. The summed E-state index contributed by atoms with van der Waals surface area (Å²) in [6.45, 7) is 0.644. The first-order valence-corrected chi connectivity index (χ1v) is 4.67. The van der Waals surface area contributed by atoms with E-state index in [1.54, 1.807) is 0 Å². The molecule has 1 aliphatic heterocycles. The van der Waals surface area contributed by atoms with Crippen molar-refractivity contribution < 1.29 is 19.4 Å². The average Bonchev–Trinajstić information content (AvgIpc) is 2.85. The molecule has 0 aromatic carbocycles. The summed E-state index contributed by atoms with van der Waals surface area (Å²) >= 11 is 0. The third-order valence-corrected chi connectivity index (χ3v) is 3.00. The van der Waals surface area contributed by atoms with Gasteiger partial charge in [0.1, 0.15) is 0 Å². The highest BCUT2D eigenvalue weighted by Gasteiger charge is 2.66. The van der Waals surface area contributed by atoms with Crippen LogP contribution in [0.25, 0.3) is 0 Å². The number of imide groups is 1. The number of rotatable bonds is 4. The van der Waals surface area contributed by atoms with Gasteiger partial charge in [0.05, 0.1) is 25.0 Å². The van der Waals surface area contributed by atoms with E-state index in [4.69, 9.17) is 9.84 Å². The van der Waals surface area contributed by atoms with Crippen LogP contribution in [0.4, 0.5) is 0 Å². The van der Waals surface area contributed by atoms with Crippen molar-refractivity contribution in [1.29, 1.82) is 0 Å². The first kappa shape index (κ1) is 9.61. The predicted molar refractivity (Wildman–Crippen MR) is 46.2 cm³/mol. The van der Waals surface area contributed by atoms with Crippen molar-refractivity contribution >= 4 is 11.8 Å². The minimum Gasteiger partial charge on any atom is -0.396 e. The Morgan fingerprint density at radius 1 is 1.36 bits per heavy atom. The molecule has 1 N–H and O–H groups in total. The normalized spacial score (nSPS) is 35.0. The van der Waals surface area contributed by atoms with Gasteiger partial charge in [-0.2, -0.15) is 0 Å². The van der Waals surface area contributed by atoms with Gasteiger partial charge in [0.25, 0.3) is 0 Å². The summed E-state index contributed by atoms with van der Waals surface area (Å²) in [5.74, 6) is -0.894. The molecule has 5 heteroatoms. The standard InChI is InChI=1S/C9H13NO4/c1-14-3-2-10-8(12)6-5(4-11)7(6)9(10)13/h5-7,11H,2-4H2,1H3. The predicted octanol–water partition coefficient (Wildman–Crippen LogP) is -1.14. The van der Waals surface area contributed by atoms with Crippen LogP contribution in [0.15, 0.2) is 0 Å².